The lowest BCUT2D eigenvalue weighted by Crippen LogP contribution is -1.97. The molecule has 20 heavy (non-hydrogen) atoms. The van der Waals surface area contributed by atoms with E-state index in [1.54, 1.807) is 12.1 Å². The molecule has 1 N–H and O–H groups in total. The van der Waals surface area contributed by atoms with Gasteiger partial charge in [0.1, 0.15) is 0 Å². The topological polar surface area (TPSA) is 37.3 Å². The van der Waals surface area contributed by atoms with Crippen molar-refractivity contribution in [2.24, 2.45) is 0 Å². The zero-order chi connectivity index (χ0) is 14.7. The van der Waals surface area contributed by atoms with Crippen LogP contribution in [0.15, 0.2) is 45.8 Å². The van der Waals surface area contributed by atoms with Gasteiger partial charge in [0.2, 0.25) is 0 Å². The van der Waals surface area contributed by atoms with E-state index in [0.29, 0.717) is 15.8 Å². The highest BCUT2D eigenvalue weighted by Gasteiger charge is 2.09. The van der Waals surface area contributed by atoms with Crippen molar-refractivity contribution in [3.63, 3.8) is 0 Å². The fourth-order valence-electron chi connectivity index (χ4n) is 1.55. The molecule has 0 aliphatic rings. The van der Waals surface area contributed by atoms with Crippen molar-refractivity contribution in [1.29, 1.82) is 0 Å². The van der Waals surface area contributed by atoms with Gasteiger partial charge < -0.3 is 5.11 Å². The van der Waals surface area contributed by atoms with E-state index in [2.05, 4.69) is 15.9 Å². The average Bonchev–Trinajstić information content (AvgIpc) is 2.41. The van der Waals surface area contributed by atoms with Crippen molar-refractivity contribution >= 4 is 33.7 Å². The van der Waals surface area contributed by atoms with Gasteiger partial charge in [-0.2, -0.15) is 0 Å². The molecule has 2 nitrogen and oxygen atoms in total. The van der Waals surface area contributed by atoms with Crippen LogP contribution < -0.4 is 0 Å². The van der Waals surface area contributed by atoms with Crippen molar-refractivity contribution in [2.75, 3.05) is 0 Å². The molecule has 2 aromatic carbocycles. The largest absolute Gasteiger partial charge is 0.478 e. The molecule has 0 saturated heterocycles. The van der Waals surface area contributed by atoms with Crippen molar-refractivity contribution in [1.82, 2.24) is 0 Å². The van der Waals surface area contributed by atoms with Crippen LogP contribution in [0.25, 0.3) is 0 Å². The Morgan fingerprint density at radius 3 is 2.55 bits per heavy atom. The maximum absolute atomic E-state index is 13.1. The number of hydrogen-bond acceptors (Lipinski definition) is 2. The summed E-state index contributed by atoms with van der Waals surface area (Å²) in [5.41, 5.74) is 0.800. The van der Waals surface area contributed by atoms with Crippen molar-refractivity contribution in [3.8, 4) is 0 Å². The monoisotopic (exact) mass is 358 g/mol. The van der Waals surface area contributed by atoms with E-state index in [9.17, 15) is 13.6 Å². The average molecular weight is 359 g/mol. The number of aromatic carboxylic acids is 1. The Hall–Kier alpha value is -1.40. The van der Waals surface area contributed by atoms with Crippen LogP contribution in [-0.2, 0) is 5.75 Å². The van der Waals surface area contributed by atoms with Crippen molar-refractivity contribution in [2.45, 2.75) is 10.6 Å². The number of carboxylic acid groups (broad SMARTS) is 1. The van der Waals surface area contributed by atoms with Gasteiger partial charge in [-0.25, -0.2) is 13.6 Å². The van der Waals surface area contributed by atoms with Gasteiger partial charge in [0.15, 0.2) is 11.6 Å². The van der Waals surface area contributed by atoms with Gasteiger partial charge in [-0.15, -0.1) is 11.8 Å². The van der Waals surface area contributed by atoms with E-state index in [-0.39, 0.29) is 5.56 Å². The Morgan fingerprint density at radius 1 is 1.15 bits per heavy atom. The normalized spacial score (nSPS) is 10.6. The van der Waals surface area contributed by atoms with Crippen molar-refractivity contribution in [3.05, 3.63) is 63.6 Å². The van der Waals surface area contributed by atoms with E-state index >= 15 is 0 Å². The number of carbonyl (C=O) groups is 1. The van der Waals surface area contributed by atoms with Gasteiger partial charge in [-0.1, -0.05) is 6.07 Å². The number of rotatable bonds is 4. The van der Waals surface area contributed by atoms with Crippen LogP contribution in [0.4, 0.5) is 8.78 Å². The molecule has 6 heteroatoms. The minimum atomic E-state index is -1.02. The lowest BCUT2D eigenvalue weighted by Gasteiger charge is -2.05. The van der Waals surface area contributed by atoms with Gasteiger partial charge in [-0.05, 0) is 51.8 Å². The van der Waals surface area contributed by atoms with E-state index in [0.717, 1.165) is 17.0 Å². The Morgan fingerprint density at radius 2 is 1.90 bits per heavy atom. The number of thioether (sulfide) groups is 1. The first-order chi connectivity index (χ1) is 9.47. The fraction of sp³-hybridized carbons (Fsp3) is 0.0714. The summed E-state index contributed by atoms with van der Waals surface area (Å²) in [6.07, 6.45) is 0. The van der Waals surface area contributed by atoms with Crippen LogP contribution in [0, 0.1) is 11.6 Å². The molecule has 0 bridgehead atoms. The highest BCUT2D eigenvalue weighted by molar-refractivity contribution is 9.10. The van der Waals surface area contributed by atoms with Crippen molar-refractivity contribution < 1.29 is 18.7 Å². The van der Waals surface area contributed by atoms with E-state index < -0.39 is 17.6 Å². The summed E-state index contributed by atoms with van der Waals surface area (Å²) in [5, 5.41) is 9.01. The van der Waals surface area contributed by atoms with Crippen LogP contribution in [0.1, 0.15) is 15.9 Å². The molecule has 0 heterocycles. The van der Waals surface area contributed by atoms with Gasteiger partial charge in [0.25, 0.3) is 0 Å². The highest BCUT2D eigenvalue weighted by atomic mass is 79.9. The summed E-state index contributed by atoms with van der Waals surface area (Å²) >= 11 is 4.52. The van der Waals surface area contributed by atoms with Gasteiger partial charge in [-0.3, -0.25) is 0 Å². The minimum absolute atomic E-state index is 0.167. The van der Waals surface area contributed by atoms with E-state index in [1.807, 2.05) is 0 Å². The lowest BCUT2D eigenvalue weighted by atomic mass is 10.2. The summed E-state index contributed by atoms with van der Waals surface area (Å²) in [6, 6.07) is 8.67. The SMILES string of the molecule is O=C(O)c1cc(SCc2ccc(F)c(F)c2)ccc1Br. The molecular formula is C14H9BrF2O2S. The molecule has 0 amide bonds. The molecule has 2 rings (SSSR count). The molecule has 0 saturated carbocycles. The van der Waals surface area contributed by atoms with Crippen LogP contribution in [0.3, 0.4) is 0 Å². The van der Waals surface area contributed by atoms with Gasteiger partial charge >= 0.3 is 5.97 Å². The molecule has 0 radical (unpaired) electrons. The molecule has 0 unspecified atom stereocenters. The van der Waals surface area contributed by atoms with E-state index in [4.69, 9.17) is 5.11 Å². The first-order valence-electron chi connectivity index (χ1n) is 5.57. The molecule has 0 fully saturated rings. The maximum Gasteiger partial charge on any atom is 0.336 e. The lowest BCUT2D eigenvalue weighted by molar-refractivity contribution is 0.0695. The molecule has 0 aromatic heterocycles. The van der Waals surface area contributed by atoms with Crippen LogP contribution in [-0.4, -0.2) is 11.1 Å². The minimum Gasteiger partial charge on any atom is -0.478 e. The zero-order valence-electron chi connectivity index (χ0n) is 10.1. The van der Waals surface area contributed by atoms with E-state index in [1.165, 1.54) is 23.9 Å². The summed E-state index contributed by atoms with van der Waals surface area (Å²) in [7, 11) is 0. The first kappa shape index (κ1) is 15.0. The molecule has 0 aliphatic heterocycles. The quantitative estimate of drug-likeness (QED) is 0.803. The Bertz CT molecular complexity index is 662. The summed E-state index contributed by atoms with van der Waals surface area (Å²) in [6.45, 7) is 0. The second-order valence-corrected chi connectivity index (χ2v) is 5.89. The second-order valence-electron chi connectivity index (χ2n) is 3.98. The van der Waals surface area contributed by atoms with Gasteiger partial charge in [0.05, 0.1) is 5.56 Å². The maximum atomic E-state index is 13.1. The van der Waals surface area contributed by atoms with Crippen LogP contribution in [0.2, 0.25) is 0 Å². The van der Waals surface area contributed by atoms with Crippen LogP contribution >= 0.6 is 27.7 Å². The fourth-order valence-corrected chi connectivity index (χ4v) is 2.85. The first-order valence-corrected chi connectivity index (χ1v) is 7.35. The predicted molar refractivity (Wildman–Crippen MR) is 77.0 cm³/mol. The molecule has 0 atom stereocenters. The molecule has 0 aliphatic carbocycles. The summed E-state index contributed by atoms with van der Waals surface area (Å²) < 4.78 is 26.4. The zero-order valence-corrected chi connectivity index (χ0v) is 12.5. The summed E-state index contributed by atoms with van der Waals surface area (Å²) in [5.74, 6) is -2.36. The Kier molecular flexibility index (Phi) is 4.77. The Labute approximate surface area is 126 Å². The highest BCUT2D eigenvalue weighted by Crippen LogP contribution is 2.27. The molecule has 104 valence electrons. The molecule has 2 aromatic rings. The third-order valence-corrected chi connectivity index (χ3v) is 4.31. The Balaban J connectivity index is 2.12. The third kappa shape index (κ3) is 3.58. The standard InChI is InChI=1S/C14H9BrF2O2S/c15-11-3-2-9(6-10(11)14(18)19)20-7-8-1-4-12(16)13(17)5-8/h1-6H,7H2,(H,18,19). The number of hydrogen-bond donors (Lipinski definition) is 1. The number of benzene rings is 2. The smallest absolute Gasteiger partial charge is 0.336 e. The number of halogens is 3. The third-order valence-electron chi connectivity index (χ3n) is 2.56. The number of carboxylic acids is 1. The van der Waals surface area contributed by atoms with Gasteiger partial charge in [0, 0.05) is 15.1 Å². The predicted octanol–water partition coefficient (Wildman–Crippen LogP) is 4.72. The molecule has 0 spiro atoms. The summed E-state index contributed by atoms with van der Waals surface area (Å²) in [4.78, 5) is 11.7. The second kappa shape index (κ2) is 6.37. The van der Waals surface area contributed by atoms with Crippen LogP contribution in [0.5, 0.6) is 0 Å². The molecular weight excluding hydrogens is 350 g/mol.